The van der Waals surface area contributed by atoms with E-state index in [2.05, 4.69) is 84.7 Å². The van der Waals surface area contributed by atoms with Gasteiger partial charge in [0.1, 0.15) is 0 Å². The summed E-state index contributed by atoms with van der Waals surface area (Å²) in [7, 11) is 0. The summed E-state index contributed by atoms with van der Waals surface area (Å²) in [6.07, 6.45) is 5.87. The van der Waals surface area contributed by atoms with Crippen LogP contribution < -0.4 is 0 Å². The molecule has 3 aromatic carbocycles. The number of imidazole rings is 1. The number of hydrogen-bond donors (Lipinski definition) is 0. The van der Waals surface area contributed by atoms with E-state index >= 15 is 0 Å². The van der Waals surface area contributed by atoms with E-state index in [1.807, 2.05) is 67.0 Å². The maximum atomic E-state index is 6.40. The van der Waals surface area contributed by atoms with Crippen molar-refractivity contribution in [2.45, 2.75) is 27.7 Å². The van der Waals surface area contributed by atoms with Gasteiger partial charge in [-0.2, -0.15) is 0 Å². The molecule has 0 spiro atoms. The molecule has 0 amide bonds. The van der Waals surface area contributed by atoms with E-state index in [9.17, 15) is 0 Å². The molecule has 5 nitrogen and oxygen atoms in total. The summed E-state index contributed by atoms with van der Waals surface area (Å²) in [5.41, 5.74) is 13.1. The number of rotatable bonds is 2. The summed E-state index contributed by atoms with van der Waals surface area (Å²) in [6.45, 7) is 8.33. The Morgan fingerprint density at radius 1 is 0.674 bits per heavy atom. The molecule has 0 aliphatic rings. The number of hydrogen-bond acceptors (Lipinski definition) is 4. The van der Waals surface area contributed by atoms with Gasteiger partial charge in [-0.1, -0.05) is 46.3 Å². The van der Waals surface area contributed by atoms with Crippen molar-refractivity contribution < 1.29 is 24.5 Å². The molecule has 5 heterocycles. The Morgan fingerprint density at radius 3 is 2.12 bits per heavy atom. The summed E-state index contributed by atoms with van der Waals surface area (Å²) in [6, 6.07) is 32.8. The summed E-state index contributed by atoms with van der Waals surface area (Å²) >= 11 is 0. The second kappa shape index (κ2) is 11.6. The van der Waals surface area contributed by atoms with E-state index in [4.69, 9.17) is 9.40 Å². The molecule has 0 aliphatic carbocycles. The summed E-state index contributed by atoms with van der Waals surface area (Å²) in [4.78, 5) is 13.8. The van der Waals surface area contributed by atoms with Crippen LogP contribution in [0.1, 0.15) is 22.3 Å². The van der Waals surface area contributed by atoms with Crippen LogP contribution in [0.25, 0.3) is 61.1 Å². The average Bonchev–Trinajstić information content (AvgIpc) is 3.59. The largest absolute Gasteiger partial charge is 0.497 e. The van der Waals surface area contributed by atoms with Gasteiger partial charge in [0.05, 0.1) is 16.6 Å². The second-order valence-corrected chi connectivity index (χ2v) is 10.6. The number of furan rings is 1. The maximum absolute atomic E-state index is 6.40. The topological polar surface area (TPSA) is 56.2 Å². The predicted molar refractivity (Wildman–Crippen MR) is 169 cm³/mol. The zero-order chi connectivity index (χ0) is 28.8. The fourth-order valence-electron chi connectivity index (χ4n) is 5.19. The quantitative estimate of drug-likeness (QED) is 0.166. The molecule has 8 aromatic rings. The van der Waals surface area contributed by atoms with Crippen LogP contribution in [0.15, 0.2) is 102 Å². The number of pyridine rings is 3. The van der Waals surface area contributed by atoms with Gasteiger partial charge in [0, 0.05) is 44.1 Å². The molecule has 0 saturated carbocycles. The van der Waals surface area contributed by atoms with Crippen LogP contribution in [0.2, 0.25) is 0 Å². The molecule has 213 valence electrons. The van der Waals surface area contributed by atoms with Crippen LogP contribution in [0.5, 0.6) is 0 Å². The molecule has 1 radical (unpaired) electrons. The molecule has 0 N–H and O–H groups in total. The zero-order valence-electron chi connectivity index (χ0n) is 24.3. The first-order valence-corrected chi connectivity index (χ1v) is 13.9. The fraction of sp³-hybridized carbons (Fsp3) is 0.108. The minimum Gasteiger partial charge on any atom is -0.497 e. The first kappa shape index (κ1) is 28.5. The summed E-state index contributed by atoms with van der Waals surface area (Å²) in [5, 5.41) is 2.11. The molecular weight excluding hydrogens is 709 g/mol. The normalized spacial score (nSPS) is 11.1. The van der Waals surface area contributed by atoms with Crippen LogP contribution >= 0.6 is 0 Å². The maximum Gasteiger partial charge on any atom is 0.180 e. The smallest absolute Gasteiger partial charge is 0.180 e. The molecule has 8 rings (SSSR count). The molecular formula is C37H28IrN4O-2. The summed E-state index contributed by atoms with van der Waals surface area (Å²) < 4.78 is 8.48. The van der Waals surface area contributed by atoms with Gasteiger partial charge in [-0.25, -0.2) is 4.98 Å². The van der Waals surface area contributed by atoms with Gasteiger partial charge in [0.25, 0.3) is 0 Å². The first-order chi connectivity index (χ1) is 20.5. The van der Waals surface area contributed by atoms with Gasteiger partial charge in [0.2, 0.25) is 0 Å². The monoisotopic (exact) mass is 737 g/mol. The van der Waals surface area contributed by atoms with E-state index in [0.29, 0.717) is 0 Å². The number of benzene rings is 3. The third-order valence-corrected chi connectivity index (χ3v) is 7.86. The minimum atomic E-state index is 0. The van der Waals surface area contributed by atoms with Crippen molar-refractivity contribution in [3.63, 3.8) is 0 Å². The van der Waals surface area contributed by atoms with E-state index in [0.717, 1.165) is 61.1 Å². The molecule has 5 aromatic heterocycles. The standard InChI is InChI=1S/C24H16N3O.C13H12N.Ir/c1-14-12-20(25-13-15(14)2)18-7-5-6-16-17-10-11-27-21-9-4-3-8-19(21)26-24(27)23(17)28-22(16)18;1-10-8-13(14-9-11(10)2)12-6-4-3-5-7-12;/h3-6,8-13H,1-2H3;3-6,8-9H,1-2H3;/q2*-1;. The Kier molecular flexibility index (Phi) is 7.66. The van der Waals surface area contributed by atoms with E-state index in [1.165, 1.54) is 22.3 Å². The molecule has 0 bridgehead atoms. The molecule has 0 aliphatic heterocycles. The molecule has 0 saturated heterocycles. The van der Waals surface area contributed by atoms with Crippen molar-refractivity contribution in [1.29, 1.82) is 0 Å². The molecule has 6 heteroatoms. The van der Waals surface area contributed by atoms with E-state index in [-0.39, 0.29) is 20.1 Å². The molecule has 43 heavy (non-hydrogen) atoms. The first-order valence-electron chi connectivity index (χ1n) is 13.9. The number of aryl methyl sites for hydroxylation is 4. The summed E-state index contributed by atoms with van der Waals surface area (Å²) in [5.74, 6) is 0. The van der Waals surface area contributed by atoms with Crippen LogP contribution in [-0.4, -0.2) is 19.4 Å². The van der Waals surface area contributed by atoms with Crippen LogP contribution in [0.4, 0.5) is 0 Å². The van der Waals surface area contributed by atoms with E-state index in [1.54, 1.807) is 0 Å². The number of aromatic nitrogens is 4. The Morgan fingerprint density at radius 2 is 1.37 bits per heavy atom. The SMILES string of the molecule is Cc1cnc(-c2[c-]ccc3c2oc2c3ccn3c4ccccc4nc23)cc1C.Cc1cnc(-c2[c-]cccc2)cc1C.[Ir]. The second-order valence-electron chi connectivity index (χ2n) is 10.6. The minimum absolute atomic E-state index is 0. The van der Waals surface area contributed by atoms with Crippen molar-refractivity contribution in [3.05, 3.63) is 132 Å². The van der Waals surface area contributed by atoms with Gasteiger partial charge in [-0.05, 0) is 68.4 Å². The number of fused-ring (bicyclic) bond motifs is 7. The van der Waals surface area contributed by atoms with Crippen molar-refractivity contribution in [2.75, 3.05) is 0 Å². The molecule has 0 fully saturated rings. The average molecular weight is 737 g/mol. The predicted octanol–water partition coefficient (Wildman–Crippen LogP) is 9.03. The van der Waals surface area contributed by atoms with Gasteiger partial charge < -0.3 is 14.4 Å². The van der Waals surface area contributed by atoms with Gasteiger partial charge in [-0.15, -0.1) is 54.1 Å². The number of nitrogens with zero attached hydrogens (tertiary/aromatic N) is 4. The van der Waals surface area contributed by atoms with Gasteiger partial charge in [0.15, 0.2) is 11.2 Å². The van der Waals surface area contributed by atoms with Gasteiger partial charge in [-0.3, -0.25) is 4.40 Å². The zero-order valence-corrected chi connectivity index (χ0v) is 26.7. The Labute approximate surface area is 263 Å². The van der Waals surface area contributed by atoms with Crippen molar-refractivity contribution >= 4 is 38.6 Å². The molecule has 0 atom stereocenters. The Hall–Kier alpha value is -4.64. The number of para-hydroxylation sites is 2. The molecule has 0 unspecified atom stereocenters. The van der Waals surface area contributed by atoms with Crippen molar-refractivity contribution in [1.82, 2.24) is 19.4 Å². The van der Waals surface area contributed by atoms with Crippen molar-refractivity contribution in [3.8, 4) is 22.5 Å². The van der Waals surface area contributed by atoms with Crippen LogP contribution in [-0.2, 0) is 20.1 Å². The van der Waals surface area contributed by atoms with Crippen molar-refractivity contribution in [2.24, 2.45) is 0 Å². The third kappa shape index (κ3) is 5.14. The van der Waals surface area contributed by atoms with Crippen LogP contribution in [0, 0.1) is 39.8 Å². The van der Waals surface area contributed by atoms with E-state index < -0.39 is 0 Å². The van der Waals surface area contributed by atoms with Gasteiger partial charge >= 0.3 is 0 Å². The van der Waals surface area contributed by atoms with Crippen LogP contribution in [0.3, 0.4) is 0 Å². The fourth-order valence-corrected chi connectivity index (χ4v) is 5.19. The third-order valence-electron chi connectivity index (χ3n) is 7.86. The Balaban J connectivity index is 0.000000186. The Bertz CT molecular complexity index is 2250.